The fourth-order valence-electron chi connectivity index (χ4n) is 8.77. The lowest BCUT2D eigenvalue weighted by Crippen LogP contribution is -1.95. The highest BCUT2D eigenvalue weighted by atomic mass is 15.0. The summed E-state index contributed by atoms with van der Waals surface area (Å²) in [6.07, 6.45) is 0. The smallest absolute Gasteiger partial charge is 0.0547 e. The molecule has 0 fully saturated rings. The zero-order chi connectivity index (χ0) is 34.9. The Morgan fingerprint density at radius 1 is 0.264 bits per heavy atom. The first-order valence-corrected chi connectivity index (χ1v) is 18.3. The summed E-state index contributed by atoms with van der Waals surface area (Å²) in [5.41, 5.74) is 11.0. The van der Waals surface area contributed by atoms with Gasteiger partial charge in [0.1, 0.15) is 0 Å². The third-order valence-corrected chi connectivity index (χ3v) is 11.1. The second-order valence-corrected chi connectivity index (χ2v) is 14.1. The fourth-order valence-corrected chi connectivity index (χ4v) is 8.77. The van der Waals surface area contributed by atoms with Crippen molar-refractivity contribution >= 4 is 64.9 Å². The summed E-state index contributed by atoms with van der Waals surface area (Å²) in [6.45, 7) is 0. The van der Waals surface area contributed by atoms with E-state index in [1.807, 2.05) is 0 Å². The van der Waals surface area contributed by atoms with Gasteiger partial charge in [0.05, 0.1) is 11.0 Å². The molecule has 10 aromatic carbocycles. The van der Waals surface area contributed by atoms with Crippen molar-refractivity contribution in [3.05, 3.63) is 200 Å². The van der Waals surface area contributed by atoms with E-state index < -0.39 is 0 Å². The highest BCUT2D eigenvalue weighted by Gasteiger charge is 2.19. The van der Waals surface area contributed by atoms with Crippen molar-refractivity contribution in [3.63, 3.8) is 0 Å². The fraction of sp³-hybridized carbons (Fsp3) is 0. The normalized spacial score (nSPS) is 11.8. The third-order valence-electron chi connectivity index (χ3n) is 11.1. The molecule has 1 aromatic heterocycles. The summed E-state index contributed by atoms with van der Waals surface area (Å²) in [5, 5.41) is 12.7. The Morgan fingerprint density at radius 3 is 1.51 bits per heavy atom. The number of para-hydroxylation sites is 1. The van der Waals surface area contributed by atoms with Crippen LogP contribution >= 0.6 is 0 Å². The molecular formula is C52H33N. The van der Waals surface area contributed by atoms with Gasteiger partial charge in [-0.15, -0.1) is 0 Å². The van der Waals surface area contributed by atoms with Gasteiger partial charge in [0, 0.05) is 16.5 Å². The molecule has 11 rings (SSSR count). The maximum atomic E-state index is 2.43. The molecule has 0 spiro atoms. The minimum Gasteiger partial charge on any atom is -0.309 e. The lowest BCUT2D eigenvalue weighted by Gasteiger charge is -2.18. The molecule has 11 aromatic rings. The first-order chi connectivity index (χ1) is 26.3. The molecule has 0 bridgehead atoms. The van der Waals surface area contributed by atoms with Gasteiger partial charge in [-0.05, 0) is 119 Å². The molecule has 0 aliphatic rings. The molecule has 0 N–H and O–H groups in total. The average Bonchev–Trinajstić information content (AvgIpc) is 3.57. The van der Waals surface area contributed by atoms with E-state index >= 15 is 0 Å². The summed E-state index contributed by atoms with van der Waals surface area (Å²) >= 11 is 0. The number of aromatic nitrogens is 1. The van der Waals surface area contributed by atoms with Crippen LogP contribution in [0.25, 0.3) is 104 Å². The molecule has 0 aliphatic heterocycles. The van der Waals surface area contributed by atoms with E-state index in [0.29, 0.717) is 0 Å². The van der Waals surface area contributed by atoms with Crippen LogP contribution in [0, 0.1) is 0 Å². The Balaban J connectivity index is 1.10. The van der Waals surface area contributed by atoms with Gasteiger partial charge in [-0.1, -0.05) is 158 Å². The van der Waals surface area contributed by atoms with Gasteiger partial charge in [-0.25, -0.2) is 0 Å². The Morgan fingerprint density at radius 2 is 0.811 bits per heavy atom. The number of nitrogens with zero attached hydrogens (tertiary/aromatic N) is 1. The highest BCUT2D eigenvalue weighted by Crippen LogP contribution is 2.45. The molecule has 1 nitrogen and oxygen atoms in total. The van der Waals surface area contributed by atoms with Gasteiger partial charge in [0.15, 0.2) is 0 Å². The average molecular weight is 672 g/mol. The maximum absolute atomic E-state index is 2.43. The lowest BCUT2D eigenvalue weighted by atomic mass is 9.85. The topological polar surface area (TPSA) is 4.93 Å². The zero-order valence-corrected chi connectivity index (χ0v) is 29.0. The molecular weight excluding hydrogens is 639 g/mol. The highest BCUT2D eigenvalue weighted by molar-refractivity contribution is 6.24. The quantitative estimate of drug-likeness (QED) is 0.164. The number of benzene rings is 10. The van der Waals surface area contributed by atoms with Gasteiger partial charge in [0.2, 0.25) is 0 Å². The van der Waals surface area contributed by atoms with Crippen LogP contribution in [-0.2, 0) is 0 Å². The van der Waals surface area contributed by atoms with Crippen LogP contribution in [0.15, 0.2) is 200 Å². The second-order valence-electron chi connectivity index (χ2n) is 14.1. The number of fused-ring (bicyclic) bond motifs is 8. The Bertz CT molecular complexity index is 3150. The van der Waals surface area contributed by atoms with E-state index in [1.54, 1.807) is 0 Å². The molecule has 0 aliphatic carbocycles. The standard InChI is InChI=1S/C52H33N/c1-2-13-34(14-3-1)36-17-12-18-40(32-36)51-44-21-8-6-19-42(44)50(43-20-7-9-22-45(43)51)35-25-28-41(29-26-35)53-48-24-11-10-23-46(48)52-47-33-38-16-5-4-15-37(38)31-39(47)27-30-49(52)53/h1-33H. The maximum Gasteiger partial charge on any atom is 0.0547 e. The molecule has 1 heteroatoms. The van der Waals surface area contributed by atoms with Gasteiger partial charge >= 0.3 is 0 Å². The molecule has 0 unspecified atom stereocenters. The predicted molar refractivity (Wildman–Crippen MR) is 227 cm³/mol. The second kappa shape index (κ2) is 11.8. The molecule has 1 heterocycles. The molecule has 0 atom stereocenters. The Kier molecular flexibility index (Phi) is 6.62. The van der Waals surface area contributed by atoms with Crippen molar-refractivity contribution in [2.75, 3.05) is 0 Å². The van der Waals surface area contributed by atoms with Crippen LogP contribution in [0.1, 0.15) is 0 Å². The summed E-state index contributed by atoms with van der Waals surface area (Å²) in [7, 11) is 0. The van der Waals surface area contributed by atoms with Gasteiger partial charge in [-0.3, -0.25) is 0 Å². The molecule has 0 radical (unpaired) electrons. The summed E-state index contributed by atoms with van der Waals surface area (Å²) in [6, 6.07) is 73.5. The van der Waals surface area contributed by atoms with Crippen LogP contribution < -0.4 is 0 Å². The molecule has 0 saturated carbocycles. The molecule has 0 amide bonds. The largest absolute Gasteiger partial charge is 0.309 e. The first-order valence-electron chi connectivity index (χ1n) is 18.3. The van der Waals surface area contributed by atoms with Crippen LogP contribution in [-0.4, -0.2) is 4.57 Å². The van der Waals surface area contributed by atoms with E-state index in [9.17, 15) is 0 Å². The van der Waals surface area contributed by atoms with E-state index in [1.165, 1.54) is 98.3 Å². The minimum absolute atomic E-state index is 1.16. The van der Waals surface area contributed by atoms with Gasteiger partial charge in [-0.2, -0.15) is 0 Å². The number of hydrogen-bond acceptors (Lipinski definition) is 0. The number of rotatable bonds is 4. The van der Waals surface area contributed by atoms with Crippen molar-refractivity contribution in [1.29, 1.82) is 0 Å². The van der Waals surface area contributed by atoms with Crippen molar-refractivity contribution in [2.24, 2.45) is 0 Å². The van der Waals surface area contributed by atoms with E-state index in [4.69, 9.17) is 0 Å². The molecule has 0 saturated heterocycles. The summed E-state index contributed by atoms with van der Waals surface area (Å²) in [4.78, 5) is 0. The molecule has 246 valence electrons. The Hall–Kier alpha value is -6.96. The predicted octanol–water partition coefficient (Wildman–Crippen LogP) is 14.4. The SMILES string of the molecule is c1ccc(-c2cccc(-c3c4ccccc4c(-c4ccc(-n5c6ccccc6c6c7cc8ccccc8cc7ccc65)cc4)c4ccccc34)c2)cc1. The van der Waals surface area contributed by atoms with Crippen LogP contribution in [0.2, 0.25) is 0 Å². The van der Waals surface area contributed by atoms with Crippen LogP contribution in [0.5, 0.6) is 0 Å². The summed E-state index contributed by atoms with van der Waals surface area (Å²) < 4.78 is 2.43. The van der Waals surface area contributed by atoms with E-state index in [-0.39, 0.29) is 0 Å². The van der Waals surface area contributed by atoms with Crippen molar-refractivity contribution in [3.8, 4) is 39.1 Å². The number of hydrogen-bond donors (Lipinski definition) is 0. The van der Waals surface area contributed by atoms with Gasteiger partial charge in [0.25, 0.3) is 0 Å². The minimum atomic E-state index is 1.16. The Labute approximate surface area is 307 Å². The van der Waals surface area contributed by atoms with Crippen molar-refractivity contribution in [2.45, 2.75) is 0 Å². The van der Waals surface area contributed by atoms with E-state index in [2.05, 4.69) is 205 Å². The van der Waals surface area contributed by atoms with Crippen LogP contribution in [0.3, 0.4) is 0 Å². The van der Waals surface area contributed by atoms with Gasteiger partial charge < -0.3 is 4.57 Å². The first kappa shape index (κ1) is 29.7. The summed E-state index contributed by atoms with van der Waals surface area (Å²) in [5.74, 6) is 0. The molecule has 53 heavy (non-hydrogen) atoms. The van der Waals surface area contributed by atoms with Crippen molar-refractivity contribution < 1.29 is 0 Å². The monoisotopic (exact) mass is 671 g/mol. The van der Waals surface area contributed by atoms with Crippen molar-refractivity contribution in [1.82, 2.24) is 4.57 Å². The zero-order valence-electron chi connectivity index (χ0n) is 29.0. The van der Waals surface area contributed by atoms with Crippen LogP contribution in [0.4, 0.5) is 0 Å². The van der Waals surface area contributed by atoms with E-state index in [0.717, 1.165) is 5.69 Å². The lowest BCUT2D eigenvalue weighted by molar-refractivity contribution is 1.18. The third kappa shape index (κ3) is 4.64.